The molecule has 0 spiro atoms. The normalized spacial score (nSPS) is 21.5. The SMILES string of the molecule is CC1(C)Cc2c(-c3cccc(-c4cnc(N)c(C(=O)NC5CNCCC5O)n4)c3)cnn2C1. The van der Waals surface area contributed by atoms with Crippen molar-refractivity contribution in [3.05, 3.63) is 48.0 Å². The molecule has 9 nitrogen and oxygen atoms in total. The highest BCUT2D eigenvalue weighted by Crippen LogP contribution is 2.37. The molecule has 2 atom stereocenters. The number of hydrogen-bond donors (Lipinski definition) is 4. The molecule has 1 amide bonds. The second-order valence-electron chi connectivity index (χ2n) is 9.71. The fourth-order valence-electron chi connectivity index (χ4n) is 4.67. The summed E-state index contributed by atoms with van der Waals surface area (Å²) in [5, 5.41) is 20.7. The summed E-state index contributed by atoms with van der Waals surface area (Å²) < 4.78 is 2.09. The predicted molar refractivity (Wildman–Crippen MR) is 125 cm³/mol. The second kappa shape index (κ2) is 8.24. The van der Waals surface area contributed by atoms with E-state index in [2.05, 4.69) is 50.3 Å². The molecule has 1 saturated heterocycles. The summed E-state index contributed by atoms with van der Waals surface area (Å²) in [7, 11) is 0. The fourth-order valence-corrected chi connectivity index (χ4v) is 4.67. The van der Waals surface area contributed by atoms with Gasteiger partial charge in [0, 0.05) is 29.9 Å². The van der Waals surface area contributed by atoms with Crippen molar-refractivity contribution in [2.75, 3.05) is 18.8 Å². The summed E-state index contributed by atoms with van der Waals surface area (Å²) in [6.45, 7) is 6.63. The van der Waals surface area contributed by atoms with Crippen LogP contribution in [0.25, 0.3) is 22.4 Å². The first-order valence-corrected chi connectivity index (χ1v) is 11.3. The third kappa shape index (κ3) is 4.21. The Bertz CT molecular complexity index is 1200. The number of carbonyl (C=O) groups is 1. The van der Waals surface area contributed by atoms with Crippen LogP contribution in [0.2, 0.25) is 0 Å². The minimum Gasteiger partial charge on any atom is -0.391 e. The Hall–Kier alpha value is -3.30. The first-order chi connectivity index (χ1) is 15.8. The quantitative estimate of drug-likeness (QED) is 0.478. The van der Waals surface area contributed by atoms with Crippen molar-refractivity contribution < 1.29 is 9.90 Å². The van der Waals surface area contributed by atoms with Gasteiger partial charge in [0.15, 0.2) is 11.5 Å². The number of benzene rings is 1. The Morgan fingerprint density at radius 1 is 1.30 bits per heavy atom. The average Bonchev–Trinajstić information content (AvgIpc) is 3.30. The molecule has 2 unspecified atom stereocenters. The van der Waals surface area contributed by atoms with Gasteiger partial charge in [0.05, 0.1) is 30.2 Å². The Morgan fingerprint density at radius 2 is 2.12 bits per heavy atom. The van der Waals surface area contributed by atoms with Crippen LogP contribution in [0.15, 0.2) is 36.7 Å². The van der Waals surface area contributed by atoms with Gasteiger partial charge in [-0.15, -0.1) is 0 Å². The van der Waals surface area contributed by atoms with Gasteiger partial charge in [-0.2, -0.15) is 5.10 Å². The topological polar surface area (TPSA) is 131 Å². The maximum atomic E-state index is 12.9. The van der Waals surface area contributed by atoms with Crippen molar-refractivity contribution in [3.8, 4) is 22.4 Å². The number of anilines is 1. The number of piperidine rings is 1. The van der Waals surface area contributed by atoms with Crippen LogP contribution >= 0.6 is 0 Å². The first-order valence-electron chi connectivity index (χ1n) is 11.3. The van der Waals surface area contributed by atoms with Crippen molar-refractivity contribution in [1.82, 2.24) is 30.4 Å². The molecular formula is C24H29N7O2. The van der Waals surface area contributed by atoms with Crippen LogP contribution in [0.3, 0.4) is 0 Å². The highest BCUT2D eigenvalue weighted by atomic mass is 16.3. The molecule has 4 heterocycles. The van der Waals surface area contributed by atoms with Crippen LogP contribution < -0.4 is 16.4 Å². The van der Waals surface area contributed by atoms with E-state index in [1.807, 2.05) is 24.4 Å². The molecule has 0 radical (unpaired) electrons. The third-order valence-corrected chi connectivity index (χ3v) is 6.42. The largest absolute Gasteiger partial charge is 0.391 e. The van der Waals surface area contributed by atoms with E-state index in [0.29, 0.717) is 18.7 Å². The van der Waals surface area contributed by atoms with E-state index in [0.717, 1.165) is 36.2 Å². The lowest BCUT2D eigenvalue weighted by Gasteiger charge is -2.29. The van der Waals surface area contributed by atoms with Gasteiger partial charge < -0.3 is 21.5 Å². The van der Waals surface area contributed by atoms with Gasteiger partial charge >= 0.3 is 0 Å². The van der Waals surface area contributed by atoms with Crippen molar-refractivity contribution in [2.45, 2.75) is 45.4 Å². The summed E-state index contributed by atoms with van der Waals surface area (Å²) >= 11 is 0. The Balaban J connectivity index is 1.43. The number of rotatable bonds is 4. The molecule has 0 saturated carbocycles. The number of nitrogens with one attached hydrogen (secondary N) is 2. The van der Waals surface area contributed by atoms with Crippen LogP contribution in [-0.2, 0) is 13.0 Å². The highest BCUT2D eigenvalue weighted by molar-refractivity contribution is 5.97. The molecule has 5 N–H and O–H groups in total. The first kappa shape index (κ1) is 21.5. The number of amides is 1. The van der Waals surface area contributed by atoms with Gasteiger partial charge in [-0.05, 0) is 36.4 Å². The molecule has 0 bridgehead atoms. The minimum absolute atomic E-state index is 0.0577. The Kier molecular flexibility index (Phi) is 5.38. The number of aliphatic hydroxyl groups excluding tert-OH is 1. The van der Waals surface area contributed by atoms with E-state index >= 15 is 0 Å². The molecule has 172 valence electrons. The lowest BCUT2D eigenvalue weighted by Crippen LogP contribution is -2.53. The van der Waals surface area contributed by atoms with E-state index in [-0.39, 0.29) is 16.9 Å². The van der Waals surface area contributed by atoms with E-state index in [9.17, 15) is 9.90 Å². The Morgan fingerprint density at radius 3 is 2.94 bits per heavy atom. The number of aromatic nitrogens is 4. The molecule has 2 aliphatic heterocycles. The monoisotopic (exact) mass is 447 g/mol. The van der Waals surface area contributed by atoms with Gasteiger partial charge in [-0.25, -0.2) is 9.97 Å². The summed E-state index contributed by atoms with van der Waals surface area (Å²) in [4.78, 5) is 21.6. The zero-order chi connectivity index (χ0) is 23.2. The molecule has 1 fully saturated rings. The molecular weight excluding hydrogens is 418 g/mol. The van der Waals surface area contributed by atoms with Gasteiger partial charge in [-0.3, -0.25) is 9.48 Å². The summed E-state index contributed by atoms with van der Waals surface area (Å²) in [5.74, 6) is -0.384. The number of aliphatic hydroxyl groups is 1. The third-order valence-electron chi connectivity index (χ3n) is 6.42. The van der Waals surface area contributed by atoms with Crippen LogP contribution in [-0.4, -0.2) is 56.0 Å². The number of nitrogen functional groups attached to an aromatic ring is 1. The van der Waals surface area contributed by atoms with Gasteiger partial charge in [0.25, 0.3) is 5.91 Å². The van der Waals surface area contributed by atoms with Crippen LogP contribution in [0.1, 0.15) is 36.5 Å². The highest BCUT2D eigenvalue weighted by Gasteiger charge is 2.31. The maximum absolute atomic E-state index is 12.9. The zero-order valence-electron chi connectivity index (χ0n) is 18.9. The Labute approximate surface area is 192 Å². The predicted octanol–water partition coefficient (Wildman–Crippen LogP) is 1.62. The number of nitrogens with two attached hydrogens (primary N) is 1. The van der Waals surface area contributed by atoms with Gasteiger partial charge in [0.2, 0.25) is 0 Å². The van der Waals surface area contributed by atoms with Gasteiger partial charge in [0.1, 0.15) is 0 Å². The maximum Gasteiger partial charge on any atom is 0.274 e. The zero-order valence-corrected chi connectivity index (χ0v) is 18.9. The second-order valence-corrected chi connectivity index (χ2v) is 9.71. The molecule has 3 aromatic rings. The molecule has 0 aliphatic carbocycles. The van der Waals surface area contributed by atoms with E-state index in [4.69, 9.17) is 5.73 Å². The van der Waals surface area contributed by atoms with Gasteiger partial charge in [-0.1, -0.05) is 32.0 Å². The van der Waals surface area contributed by atoms with Crippen LogP contribution in [0, 0.1) is 5.41 Å². The minimum atomic E-state index is -0.605. The summed E-state index contributed by atoms with van der Waals surface area (Å²) in [6, 6.07) is 7.61. The van der Waals surface area contributed by atoms with E-state index in [1.54, 1.807) is 6.20 Å². The number of nitrogens with zero attached hydrogens (tertiary/aromatic N) is 4. The smallest absolute Gasteiger partial charge is 0.274 e. The summed E-state index contributed by atoms with van der Waals surface area (Å²) in [6.07, 6.45) is 4.44. The number of carbonyl (C=O) groups excluding carboxylic acids is 1. The molecule has 5 rings (SSSR count). The lowest BCUT2D eigenvalue weighted by atomic mass is 9.89. The standard InChI is InChI=1S/C24H29N7O2/c1-24(2)9-19-16(10-28-31(19)13-24)14-4-3-5-15(8-14)17-12-27-22(25)21(29-17)23(33)30-18-11-26-7-6-20(18)32/h3-5,8,10,12,18,20,26,32H,6-7,9,11,13H2,1-2H3,(H2,25,27)(H,30,33). The van der Waals surface area contributed by atoms with Crippen molar-refractivity contribution in [3.63, 3.8) is 0 Å². The average molecular weight is 448 g/mol. The summed E-state index contributed by atoms with van der Waals surface area (Å²) in [5.41, 5.74) is 11.0. The molecule has 9 heteroatoms. The van der Waals surface area contributed by atoms with E-state index in [1.165, 1.54) is 5.69 Å². The molecule has 33 heavy (non-hydrogen) atoms. The van der Waals surface area contributed by atoms with Crippen molar-refractivity contribution in [1.29, 1.82) is 0 Å². The number of hydrogen-bond acceptors (Lipinski definition) is 7. The molecule has 2 aromatic heterocycles. The van der Waals surface area contributed by atoms with Crippen LogP contribution in [0.5, 0.6) is 0 Å². The fraction of sp³-hybridized carbons (Fsp3) is 0.417. The van der Waals surface area contributed by atoms with Crippen molar-refractivity contribution in [2.24, 2.45) is 5.41 Å². The van der Waals surface area contributed by atoms with E-state index < -0.39 is 18.1 Å². The lowest BCUT2D eigenvalue weighted by molar-refractivity contribution is 0.0751. The van der Waals surface area contributed by atoms with Crippen molar-refractivity contribution >= 4 is 11.7 Å². The number of fused-ring (bicyclic) bond motifs is 1. The molecule has 2 aliphatic rings. The molecule has 1 aromatic carbocycles. The van der Waals surface area contributed by atoms with Crippen LogP contribution in [0.4, 0.5) is 5.82 Å².